The highest BCUT2D eigenvalue weighted by atomic mass is 32.2. The van der Waals surface area contributed by atoms with Crippen LogP contribution in [-0.2, 0) is 22.0 Å². The van der Waals surface area contributed by atoms with E-state index in [4.69, 9.17) is 4.74 Å². The van der Waals surface area contributed by atoms with E-state index in [9.17, 15) is 8.42 Å². The molecule has 0 bridgehead atoms. The SMILES string of the molecule is CS(=O)(=O)Cc1ccc(-c2ccc3c(c2)CCC2(CCN(c4ccccc4)CC2)O3)cc1. The van der Waals surface area contributed by atoms with E-state index >= 15 is 0 Å². The molecule has 0 atom stereocenters. The number of rotatable bonds is 4. The predicted octanol–water partition coefficient (Wildman–Crippen LogP) is 5.26. The van der Waals surface area contributed by atoms with E-state index in [1.54, 1.807) is 0 Å². The van der Waals surface area contributed by atoms with E-state index in [0.717, 1.165) is 61.2 Å². The third kappa shape index (κ3) is 4.53. The van der Waals surface area contributed by atoms with Crippen LogP contribution in [0, 0.1) is 0 Å². The van der Waals surface area contributed by atoms with E-state index in [2.05, 4.69) is 53.4 Å². The molecule has 32 heavy (non-hydrogen) atoms. The summed E-state index contributed by atoms with van der Waals surface area (Å²) in [5, 5.41) is 0. The zero-order chi connectivity index (χ0) is 22.2. The van der Waals surface area contributed by atoms with Crippen LogP contribution in [0.3, 0.4) is 0 Å². The maximum absolute atomic E-state index is 11.5. The number of para-hydroxylation sites is 1. The first kappa shape index (κ1) is 21.1. The van der Waals surface area contributed by atoms with Gasteiger partial charge in [0.15, 0.2) is 9.84 Å². The molecule has 0 aliphatic carbocycles. The Balaban J connectivity index is 1.28. The first-order chi connectivity index (χ1) is 15.4. The minimum Gasteiger partial charge on any atom is -0.487 e. The summed E-state index contributed by atoms with van der Waals surface area (Å²) in [6, 6.07) is 24.9. The smallest absolute Gasteiger partial charge is 0.151 e. The second kappa shape index (κ2) is 8.28. The Hall–Kier alpha value is -2.79. The molecule has 1 saturated heterocycles. The number of hydrogen-bond donors (Lipinski definition) is 0. The van der Waals surface area contributed by atoms with Gasteiger partial charge in [0.05, 0.1) is 5.75 Å². The highest BCUT2D eigenvalue weighted by Crippen LogP contribution is 2.41. The van der Waals surface area contributed by atoms with Crippen LogP contribution in [0.4, 0.5) is 5.69 Å². The maximum atomic E-state index is 11.5. The fourth-order valence-corrected chi connectivity index (χ4v) is 5.76. The van der Waals surface area contributed by atoms with E-state index < -0.39 is 9.84 Å². The van der Waals surface area contributed by atoms with Crippen molar-refractivity contribution in [2.45, 2.75) is 37.0 Å². The Morgan fingerprint density at radius 3 is 2.25 bits per heavy atom. The summed E-state index contributed by atoms with van der Waals surface area (Å²) in [7, 11) is -3.02. The number of fused-ring (bicyclic) bond motifs is 1. The van der Waals surface area contributed by atoms with Gasteiger partial charge in [-0.1, -0.05) is 48.5 Å². The molecule has 1 spiro atoms. The summed E-state index contributed by atoms with van der Waals surface area (Å²) in [6.45, 7) is 2.05. The van der Waals surface area contributed by atoms with Gasteiger partial charge in [-0.3, -0.25) is 0 Å². The van der Waals surface area contributed by atoms with Crippen LogP contribution in [0.25, 0.3) is 11.1 Å². The van der Waals surface area contributed by atoms with Gasteiger partial charge in [0, 0.05) is 37.9 Å². The van der Waals surface area contributed by atoms with Crippen molar-refractivity contribution in [3.05, 3.63) is 83.9 Å². The summed E-state index contributed by atoms with van der Waals surface area (Å²) in [6.07, 6.45) is 5.44. The van der Waals surface area contributed by atoms with Gasteiger partial charge in [0.25, 0.3) is 0 Å². The van der Waals surface area contributed by atoms with Gasteiger partial charge < -0.3 is 9.64 Å². The van der Waals surface area contributed by atoms with Crippen molar-refractivity contribution >= 4 is 15.5 Å². The van der Waals surface area contributed by atoms with E-state index in [1.165, 1.54) is 17.5 Å². The average Bonchev–Trinajstić information content (AvgIpc) is 2.79. The van der Waals surface area contributed by atoms with Crippen LogP contribution in [0.5, 0.6) is 5.75 Å². The summed E-state index contributed by atoms with van der Waals surface area (Å²) in [4.78, 5) is 2.46. The summed E-state index contributed by atoms with van der Waals surface area (Å²) in [5.41, 5.74) is 5.58. The Labute approximate surface area is 190 Å². The number of piperidine rings is 1. The number of anilines is 1. The molecule has 2 heterocycles. The molecule has 3 aromatic rings. The van der Waals surface area contributed by atoms with E-state index in [1.807, 2.05) is 24.3 Å². The van der Waals surface area contributed by atoms with Crippen molar-refractivity contribution in [1.82, 2.24) is 0 Å². The lowest BCUT2D eigenvalue weighted by atomic mass is 9.82. The average molecular weight is 448 g/mol. The van der Waals surface area contributed by atoms with Gasteiger partial charge in [0.2, 0.25) is 0 Å². The fourth-order valence-electron chi connectivity index (χ4n) is 4.96. The molecule has 5 rings (SSSR count). The molecule has 2 aliphatic heterocycles. The standard InChI is InChI=1S/C27H29NO3S/c1-32(29,30)20-21-7-9-22(10-8-21)23-11-12-26-24(19-23)13-14-27(31-26)15-17-28(18-16-27)25-5-3-2-4-6-25/h2-12,19H,13-18,20H2,1H3. The van der Waals surface area contributed by atoms with Crippen LogP contribution >= 0.6 is 0 Å². The van der Waals surface area contributed by atoms with Gasteiger partial charge in [-0.25, -0.2) is 8.42 Å². The van der Waals surface area contributed by atoms with Crippen molar-refractivity contribution in [2.24, 2.45) is 0 Å². The molecular formula is C27H29NO3S. The summed E-state index contributed by atoms with van der Waals surface area (Å²) < 4.78 is 29.7. The molecule has 5 heteroatoms. The maximum Gasteiger partial charge on any atom is 0.151 e. The topological polar surface area (TPSA) is 46.6 Å². The van der Waals surface area contributed by atoms with Crippen molar-refractivity contribution in [1.29, 1.82) is 0 Å². The zero-order valence-corrected chi connectivity index (χ0v) is 19.3. The molecule has 3 aromatic carbocycles. The quantitative estimate of drug-likeness (QED) is 0.547. The van der Waals surface area contributed by atoms with E-state index in [-0.39, 0.29) is 11.4 Å². The van der Waals surface area contributed by atoms with Gasteiger partial charge in [-0.15, -0.1) is 0 Å². The van der Waals surface area contributed by atoms with Gasteiger partial charge >= 0.3 is 0 Å². The molecule has 0 N–H and O–H groups in total. The number of benzene rings is 3. The predicted molar refractivity (Wildman–Crippen MR) is 130 cm³/mol. The van der Waals surface area contributed by atoms with Crippen molar-refractivity contribution < 1.29 is 13.2 Å². The molecular weight excluding hydrogens is 418 g/mol. The van der Waals surface area contributed by atoms with Crippen LogP contribution in [0.2, 0.25) is 0 Å². The molecule has 1 fully saturated rings. The second-order valence-corrected chi connectivity index (χ2v) is 11.3. The minimum absolute atomic E-state index is 0.0485. The highest BCUT2D eigenvalue weighted by Gasteiger charge is 2.39. The third-order valence-electron chi connectivity index (χ3n) is 6.75. The van der Waals surface area contributed by atoms with Gasteiger partial charge in [0.1, 0.15) is 11.4 Å². The molecule has 0 radical (unpaired) electrons. The molecule has 0 amide bonds. The Kier molecular flexibility index (Phi) is 5.46. The largest absolute Gasteiger partial charge is 0.487 e. The number of nitrogens with zero attached hydrogens (tertiary/aromatic N) is 1. The van der Waals surface area contributed by atoms with Crippen molar-refractivity contribution in [3.63, 3.8) is 0 Å². The number of sulfone groups is 1. The fraction of sp³-hybridized carbons (Fsp3) is 0.333. The lowest BCUT2D eigenvalue weighted by molar-refractivity contribution is 0.0226. The number of hydrogen-bond acceptors (Lipinski definition) is 4. The molecule has 0 saturated carbocycles. The van der Waals surface area contributed by atoms with Crippen LogP contribution in [-0.4, -0.2) is 33.4 Å². The molecule has 0 unspecified atom stereocenters. The molecule has 0 aromatic heterocycles. The van der Waals surface area contributed by atoms with Crippen LogP contribution < -0.4 is 9.64 Å². The lowest BCUT2D eigenvalue weighted by Crippen LogP contribution is -2.49. The monoisotopic (exact) mass is 447 g/mol. The van der Waals surface area contributed by atoms with Crippen molar-refractivity contribution in [2.75, 3.05) is 24.2 Å². The number of aryl methyl sites for hydroxylation is 1. The Bertz CT molecular complexity index is 1200. The highest BCUT2D eigenvalue weighted by molar-refractivity contribution is 7.89. The van der Waals surface area contributed by atoms with Crippen LogP contribution in [0.1, 0.15) is 30.4 Å². The lowest BCUT2D eigenvalue weighted by Gasteiger charge is -2.45. The third-order valence-corrected chi connectivity index (χ3v) is 7.61. The first-order valence-electron chi connectivity index (χ1n) is 11.3. The molecule has 2 aliphatic rings. The minimum atomic E-state index is -3.02. The van der Waals surface area contributed by atoms with Gasteiger partial charge in [-0.2, -0.15) is 0 Å². The normalized spacial score (nSPS) is 17.6. The Morgan fingerprint density at radius 2 is 1.56 bits per heavy atom. The summed E-state index contributed by atoms with van der Waals surface area (Å²) in [5.74, 6) is 1.09. The number of ether oxygens (including phenoxy) is 1. The van der Waals surface area contributed by atoms with E-state index in [0.29, 0.717) is 0 Å². The zero-order valence-electron chi connectivity index (χ0n) is 18.5. The Morgan fingerprint density at radius 1 is 0.875 bits per heavy atom. The first-order valence-corrected chi connectivity index (χ1v) is 13.3. The molecule has 4 nitrogen and oxygen atoms in total. The van der Waals surface area contributed by atoms with Gasteiger partial charge in [-0.05, 0) is 59.4 Å². The van der Waals surface area contributed by atoms with Crippen LogP contribution in [0.15, 0.2) is 72.8 Å². The van der Waals surface area contributed by atoms with Crippen molar-refractivity contribution in [3.8, 4) is 16.9 Å². The second-order valence-electron chi connectivity index (χ2n) is 9.20. The molecule has 166 valence electrons. The summed E-state index contributed by atoms with van der Waals surface area (Å²) >= 11 is 0.